The zero-order chi connectivity index (χ0) is 22.1. The van der Waals surface area contributed by atoms with Gasteiger partial charge in [0.2, 0.25) is 0 Å². The number of hydrogen-bond acceptors (Lipinski definition) is 3. The number of fused-ring (bicyclic) bond motifs is 1. The van der Waals surface area contributed by atoms with E-state index in [4.69, 9.17) is 11.6 Å². The van der Waals surface area contributed by atoms with E-state index >= 15 is 0 Å². The Balaban J connectivity index is 0.000000534. The molecule has 0 amide bonds. The Hall–Kier alpha value is -0.801. The van der Waals surface area contributed by atoms with Crippen molar-refractivity contribution in [2.24, 2.45) is 0 Å². The first-order valence-electron chi connectivity index (χ1n) is 10.9. The molecule has 1 aromatic heterocycles. The van der Waals surface area contributed by atoms with Crippen LogP contribution in [0.1, 0.15) is 19.8 Å². The molecule has 0 unspecified atom stereocenters. The van der Waals surface area contributed by atoms with Gasteiger partial charge in [0.15, 0.2) is 0 Å². The molecule has 2 aliphatic carbocycles. The molecule has 10 radical (unpaired) electrons. The number of pyridine rings is 1. The Morgan fingerprint density at radius 1 is 0.875 bits per heavy atom. The molecule has 168 valence electrons. The summed E-state index contributed by atoms with van der Waals surface area (Å²) in [6.07, 6.45) is 20.9. The number of aromatic nitrogens is 1. The maximum absolute atomic E-state index is 6.16. The first kappa shape index (κ1) is 27.4. The van der Waals surface area contributed by atoms with E-state index in [2.05, 4.69) is 67.2 Å². The van der Waals surface area contributed by atoms with E-state index in [1.807, 2.05) is 50.4 Å². The van der Waals surface area contributed by atoms with Crippen LogP contribution in [-0.2, 0) is 17.1 Å². The molecule has 32 heavy (non-hydrogen) atoms. The van der Waals surface area contributed by atoms with E-state index in [0.29, 0.717) is 0 Å². The van der Waals surface area contributed by atoms with Crippen LogP contribution in [0.25, 0.3) is 10.9 Å². The number of halogens is 1. The summed E-state index contributed by atoms with van der Waals surface area (Å²) in [6.45, 7) is 5.15. The summed E-state index contributed by atoms with van der Waals surface area (Å²) in [4.78, 5) is 9.20. The molecule has 0 saturated heterocycles. The average Bonchev–Trinajstić information content (AvgIpc) is 3.46. The molecule has 5 heteroatoms. The van der Waals surface area contributed by atoms with Crippen LogP contribution in [-0.4, -0.2) is 43.6 Å². The molecule has 0 bridgehead atoms. The Bertz CT molecular complexity index is 786. The summed E-state index contributed by atoms with van der Waals surface area (Å²) in [5.74, 6) is 2.80. The predicted molar refractivity (Wildman–Crippen MR) is 133 cm³/mol. The minimum Gasteiger partial charge on any atom is -0.370 e. The molecule has 2 fully saturated rings. The second kappa shape index (κ2) is 14.5. The van der Waals surface area contributed by atoms with Gasteiger partial charge in [-0.1, -0.05) is 24.9 Å². The molecule has 1 aromatic carbocycles. The molecule has 2 aliphatic rings. The monoisotopic (exact) mass is 489 g/mol. The number of unbranched alkanes of at least 4 members (excludes halogenated alkanes) is 1. The molecule has 0 spiro atoms. The number of anilines is 1. The van der Waals surface area contributed by atoms with E-state index in [9.17, 15) is 0 Å². The molecule has 4 rings (SSSR count). The minimum atomic E-state index is 0. The van der Waals surface area contributed by atoms with Crippen LogP contribution < -0.4 is 4.90 Å². The fraction of sp³-hybridized carbons (Fsp3) is 0.296. The van der Waals surface area contributed by atoms with Crippen molar-refractivity contribution in [3.8, 4) is 0 Å². The zero-order valence-corrected chi connectivity index (χ0v) is 21.0. The van der Waals surface area contributed by atoms with Crippen molar-refractivity contribution in [3.63, 3.8) is 0 Å². The third-order valence-corrected chi connectivity index (χ3v) is 5.45. The summed E-state index contributed by atoms with van der Waals surface area (Å²) >= 11 is 6.16. The first-order chi connectivity index (χ1) is 15.1. The van der Waals surface area contributed by atoms with Gasteiger partial charge < -0.3 is 9.80 Å². The van der Waals surface area contributed by atoms with Crippen LogP contribution in [0.2, 0.25) is 5.02 Å². The van der Waals surface area contributed by atoms with Crippen LogP contribution in [0.4, 0.5) is 5.69 Å². The quantitative estimate of drug-likeness (QED) is 0.434. The van der Waals surface area contributed by atoms with Crippen LogP contribution in [0.5, 0.6) is 0 Å². The van der Waals surface area contributed by atoms with E-state index in [1.165, 1.54) is 30.4 Å². The van der Waals surface area contributed by atoms with Gasteiger partial charge in [-0.3, -0.25) is 4.98 Å². The second-order valence-corrected chi connectivity index (χ2v) is 8.48. The second-order valence-electron chi connectivity index (χ2n) is 8.04. The molecule has 0 atom stereocenters. The van der Waals surface area contributed by atoms with Crippen LogP contribution in [0, 0.1) is 63.2 Å². The van der Waals surface area contributed by atoms with E-state index in [1.54, 1.807) is 0 Å². The van der Waals surface area contributed by atoms with Gasteiger partial charge in [-0.05, 0) is 96.1 Å². The summed E-state index contributed by atoms with van der Waals surface area (Å²) in [7, 11) is 4.23. The Morgan fingerprint density at radius 3 is 2.16 bits per heavy atom. The third-order valence-electron chi connectivity index (χ3n) is 5.21. The van der Waals surface area contributed by atoms with Gasteiger partial charge in [-0.2, -0.15) is 0 Å². The SMILES string of the molecule is CCCCN(C[C]1[CH][CH][CH][C]1CN(C)C)c1ccnc2cc(Cl)ccc12.[CH]1[CH][CH][CH][CH]1.[Fe+2]. The van der Waals surface area contributed by atoms with Crippen molar-refractivity contribution in [1.29, 1.82) is 0 Å². The predicted octanol–water partition coefficient (Wildman–Crippen LogP) is 5.85. The maximum atomic E-state index is 6.16. The number of hydrogen-bond donors (Lipinski definition) is 0. The normalized spacial score (nSPS) is 16.8. The fourth-order valence-electron chi connectivity index (χ4n) is 3.69. The minimum absolute atomic E-state index is 0. The summed E-state index contributed by atoms with van der Waals surface area (Å²) < 4.78 is 0. The standard InChI is InChI=1S/C22H27ClN3.C5H5.Fe/c1-4-5-13-26(16-18-8-6-7-17(18)15-25(2)3)22-11-12-24-21-14-19(23)9-10-20(21)22;1-2-4-5-3-1;/h6-12,14H,4-5,13,15-16H2,1-3H3;1-5H;/q;;+2. The van der Waals surface area contributed by atoms with E-state index < -0.39 is 0 Å². The fourth-order valence-corrected chi connectivity index (χ4v) is 3.85. The topological polar surface area (TPSA) is 19.4 Å². The summed E-state index contributed by atoms with van der Waals surface area (Å²) in [5.41, 5.74) is 2.18. The smallest absolute Gasteiger partial charge is 0.370 e. The molecule has 1 heterocycles. The van der Waals surface area contributed by atoms with Crippen molar-refractivity contribution in [2.75, 3.05) is 38.6 Å². The zero-order valence-electron chi connectivity index (χ0n) is 19.1. The van der Waals surface area contributed by atoms with Crippen molar-refractivity contribution in [2.45, 2.75) is 19.8 Å². The number of nitrogens with zero attached hydrogens (tertiary/aromatic N) is 3. The van der Waals surface area contributed by atoms with Gasteiger partial charge >= 0.3 is 17.1 Å². The summed E-state index contributed by atoms with van der Waals surface area (Å²) in [5, 5.41) is 1.89. The maximum Gasteiger partial charge on any atom is 2.00 e. The Morgan fingerprint density at radius 2 is 1.53 bits per heavy atom. The van der Waals surface area contributed by atoms with Crippen molar-refractivity contribution in [1.82, 2.24) is 9.88 Å². The Kier molecular flexibility index (Phi) is 12.4. The van der Waals surface area contributed by atoms with Gasteiger partial charge in [0.25, 0.3) is 0 Å². The molecule has 2 aromatic rings. The van der Waals surface area contributed by atoms with Crippen molar-refractivity contribution >= 4 is 28.2 Å². The van der Waals surface area contributed by atoms with Crippen molar-refractivity contribution < 1.29 is 17.1 Å². The van der Waals surface area contributed by atoms with Crippen LogP contribution in [0.3, 0.4) is 0 Å². The molecule has 0 aliphatic heterocycles. The van der Waals surface area contributed by atoms with Gasteiger partial charge in [0.1, 0.15) is 0 Å². The molecule has 3 nitrogen and oxygen atoms in total. The largest absolute Gasteiger partial charge is 2.00 e. The van der Waals surface area contributed by atoms with Gasteiger partial charge in [-0.15, -0.1) is 0 Å². The van der Waals surface area contributed by atoms with E-state index in [-0.39, 0.29) is 17.1 Å². The van der Waals surface area contributed by atoms with Gasteiger partial charge in [0.05, 0.1) is 5.52 Å². The molecule has 2 saturated carbocycles. The van der Waals surface area contributed by atoms with Crippen LogP contribution >= 0.6 is 11.6 Å². The molecule has 0 N–H and O–H groups in total. The summed E-state index contributed by atoms with van der Waals surface area (Å²) in [6, 6.07) is 8.11. The molecular formula is C27H32ClFeN3+2. The first-order valence-corrected chi connectivity index (χ1v) is 11.3. The number of rotatable bonds is 8. The van der Waals surface area contributed by atoms with E-state index in [0.717, 1.165) is 35.6 Å². The average molecular weight is 490 g/mol. The van der Waals surface area contributed by atoms with Gasteiger partial charge in [0, 0.05) is 53.8 Å². The number of benzene rings is 1. The molecular weight excluding hydrogens is 458 g/mol. The van der Waals surface area contributed by atoms with Crippen molar-refractivity contribution in [3.05, 3.63) is 98.7 Å². The van der Waals surface area contributed by atoms with Gasteiger partial charge in [-0.25, -0.2) is 0 Å². The third kappa shape index (κ3) is 8.20. The Labute approximate surface area is 211 Å². The van der Waals surface area contributed by atoms with Crippen LogP contribution in [0.15, 0.2) is 30.5 Å².